The van der Waals surface area contributed by atoms with Crippen molar-refractivity contribution >= 4 is 51.3 Å². The van der Waals surface area contributed by atoms with Crippen molar-refractivity contribution < 1.29 is 14.5 Å². The van der Waals surface area contributed by atoms with Gasteiger partial charge in [0.2, 0.25) is 11.0 Å². The lowest BCUT2D eigenvalue weighted by Crippen LogP contribution is -2.24. The molecule has 1 aromatic heterocycles. The molecule has 2 aromatic carbocycles. The number of non-ortho nitro benzene ring substituents is 1. The molecule has 31 heavy (non-hydrogen) atoms. The van der Waals surface area contributed by atoms with Crippen molar-refractivity contribution in [3.63, 3.8) is 0 Å². The zero-order valence-corrected chi connectivity index (χ0v) is 17.8. The summed E-state index contributed by atoms with van der Waals surface area (Å²) in [5, 5.41) is 23.0. The van der Waals surface area contributed by atoms with E-state index in [2.05, 4.69) is 15.5 Å². The van der Waals surface area contributed by atoms with Crippen LogP contribution in [-0.4, -0.2) is 33.5 Å². The van der Waals surface area contributed by atoms with Crippen LogP contribution >= 0.6 is 22.9 Å². The van der Waals surface area contributed by atoms with Crippen molar-refractivity contribution in [2.75, 3.05) is 16.8 Å². The molecule has 9 nitrogen and oxygen atoms in total. The van der Waals surface area contributed by atoms with Crippen molar-refractivity contribution in [3.05, 3.63) is 73.7 Å². The summed E-state index contributed by atoms with van der Waals surface area (Å²) in [4.78, 5) is 36.7. The molecule has 4 rings (SSSR count). The molecular weight excluding hydrogens is 442 g/mol. The van der Waals surface area contributed by atoms with Crippen LogP contribution in [0.25, 0.3) is 0 Å². The van der Waals surface area contributed by atoms with Crippen LogP contribution in [0.15, 0.2) is 42.5 Å². The highest BCUT2D eigenvalue weighted by Crippen LogP contribution is 2.35. The molecule has 1 aliphatic rings. The van der Waals surface area contributed by atoms with E-state index in [1.165, 1.54) is 35.6 Å². The third-order valence-corrected chi connectivity index (χ3v) is 6.35. The summed E-state index contributed by atoms with van der Waals surface area (Å²) in [6.07, 6.45) is 0.288. The minimum atomic E-state index is -0.532. The van der Waals surface area contributed by atoms with Crippen molar-refractivity contribution in [3.8, 4) is 0 Å². The second-order valence-electron chi connectivity index (χ2n) is 7.04. The molecule has 1 aliphatic heterocycles. The van der Waals surface area contributed by atoms with Gasteiger partial charge in [-0.15, -0.1) is 10.2 Å². The first-order valence-electron chi connectivity index (χ1n) is 9.27. The van der Waals surface area contributed by atoms with Gasteiger partial charge in [-0.2, -0.15) is 0 Å². The minimum Gasteiger partial charge on any atom is -0.312 e. The molecule has 0 bridgehead atoms. The van der Waals surface area contributed by atoms with E-state index in [-0.39, 0.29) is 29.5 Å². The van der Waals surface area contributed by atoms with Crippen LogP contribution in [0.3, 0.4) is 0 Å². The van der Waals surface area contributed by atoms with Crippen LogP contribution in [0.4, 0.5) is 16.5 Å². The lowest BCUT2D eigenvalue weighted by atomic mass is 10.1. The van der Waals surface area contributed by atoms with E-state index in [9.17, 15) is 19.7 Å². The van der Waals surface area contributed by atoms with Crippen molar-refractivity contribution in [1.29, 1.82) is 0 Å². The summed E-state index contributed by atoms with van der Waals surface area (Å²) in [6, 6.07) is 10.8. The van der Waals surface area contributed by atoms with Gasteiger partial charge in [-0.1, -0.05) is 29.0 Å². The number of anilines is 2. The number of aryl methyl sites for hydroxylation is 1. The summed E-state index contributed by atoms with van der Waals surface area (Å²) < 4.78 is 0. The Balaban J connectivity index is 1.43. The number of nitro groups is 1. The molecule has 3 aromatic rings. The van der Waals surface area contributed by atoms with E-state index < -0.39 is 10.8 Å². The first kappa shape index (κ1) is 20.9. The van der Waals surface area contributed by atoms with Crippen molar-refractivity contribution in [2.24, 2.45) is 0 Å². The number of carbonyl (C=O) groups is 2. The molecule has 1 atom stereocenters. The maximum absolute atomic E-state index is 12.5. The van der Waals surface area contributed by atoms with Gasteiger partial charge < -0.3 is 4.90 Å². The van der Waals surface area contributed by atoms with E-state index in [4.69, 9.17) is 11.6 Å². The second-order valence-corrected chi connectivity index (χ2v) is 8.46. The van der Waals surface area contributed by atoms with Crippen molar-refractivity contribution in [2.45, 2.75) is 19.3 Å². The Hall–Kier alpha value is -3.37. The van der Waals surface area contributed by atoms with Crippen LogP contribution in [0.5, 0.6) is 0 Å². The van der Waals surface area contributed by atoms with E-state index in [1.807, 2.05) is 19.1 Å². The quantitative estimate of drug-likeness (QED) is 0.453. The summed E-state index contributed by atoms with van der Waals surface area (Å²) in [5.41, 5.74) is 1.84. The molecule has 1 N–H and O–H groups in total. The van der Waals surface area contributed by atoms with Gasteiger partial charge in [0.1, 0.15) is 5.01 Å². The fourth-order valence-corrected chi connectivity index (χ4v) is 4.23. The Labute approximate surface area is 185 Å². The molecule has 2 heterocycles. The standard InChI is InChI=1S/C20H16ClN5O4S/c1-11-2-5-15(9-16(11)21)25-10-13(8-17(25)27)19-23-24-20(31-19)22-18(28)12-3-6-14(7-4-12)26(29)30/h2-7,9,13H,8,10H2,1H3,(H,22,24,28). The van der Waals surface area contributed by atoms with Gasteiger partial charge in [-0.3, -0.25) is 25.0 Å². The topological polar surface area (TPSA) is 118 Å². The summed E-state index contributed by atoms with van der Waals surface area (Å²) in [7, 11) is 0. The molecule has 1 fully saturated rings. The third kappa shape index (κ3) is 4.39. The summed E-state index contributed by atoms with van der Waals surface area (Å²) >= 11 is 7.39. The highest BCUT2D eigenvalue weighted by atomic mass is 35.5. The van der Waals surface area contributed by atoms with Crippen LogP contribution in [0, 0.1) is 17.0 Å². The second kappa shape index (κ2) is 8.40. The fourth-order valence-electron chi connectivity index (χ4n) is 3.23. The van der Waals surface area contributed by atoms with E-state index >= 15 is 0 Å². The van der Waals surface area contributed by atoms with Crippen LogP contribution in [0.1, 0.15) is 33.3 Å². The smallest absolute Gasteiger partial charge is 0.269 e. The first-order valence-corrected chi connectivity index (χ1v) is 10.5. The average Bonchev–Trinajstić information content (AvgIpc) is 3.36. The molecule has 0 saturated carbocycles. The predicted octanol–water partition coefficient (Wildman–Crippen LogP) is 4.18. The van der Waals surface area contributed by atoms with Crippen LogP contribution in [-0.2, 0) is 4.79 Å². The van der Waals surface area contributed by atoms with Gasteiger partial charge >= 0.3 is 0 Å². The molecule has 1 saturated heterocycles. The lowest BCUT2D eigenvalue weighted by molar-refractivity contribution is -0.384. The predicted molar refractivity (Wildman–Crippen MR) is 117 cm³/mol. The molecule has 0 radical (unpaired) electrons. The summed E-state index contributed by atoms with van der Waals surface area (Å²) in [6.45, 7) is 2.34. The van der Waals surface area contributed by atoms with E-state index in [0.717, 1.165) is 11.3 Å². The molecule has 1 unspecified atom stereocenters. The number of rotatable bonds is 5. The number of nitrogens with zero attached hydrogens (tertiary/aromatic N) is 4. The van der Waals surface area contributed by atoms with Gasteiger partial charge in [-0.25, -0.2) is 0 Å². The Morgan fingerprint density at radius 3 is 2.68 bits per heavy atom. The number of nitro benzene ring substituents is 1. The number of benzene rings is 2. The number of carbonyl (C=O) groups excluding carboxylic acids is 2. The Morgan fingerprint density at radius 2 is 2.00 bits per heavy atom. The normalized spacial score (nSPS) is 15.9. The minimum absolute atomic E-state index is 0.0309. The fraction of sp³-hybridized carbons (Fsp3) is 0.200. The van der Waals surface area contributed by atoms with Crippen LogP contribution in [0.2, 0.25) is 5.02 Å². The SMILES string of the molecule is Cc1ccc(N2CC(c3nnc(NC(=O)c4ccc([N+](=O)[O-])cc4)s3)CC2=O)cc1Cl. The lowest BCUT2D eigenvalue weighted by Gasteiger charge is -2.17. The van der Waals surface area contributed by atoms with Gasteiger partial charge in [0, 0.05) is 47.3 Å². The Kier molecular flexibility index (Phi) is 5.66. The molecule has 11 heteroatoms. The highest BCUT2D eigenvalue weighted by molar-refractivity contribution is 7.15. The Morgan fingerprint density at radius 1 is 1.26 bits per heavy atom. The third-order valence-electron chi connectivity index (χ3n) is 4.94. The zero-order valence-electron chi connectivity index (χ0n) is 16.2. The van der Waals surface area contributed by atoms with Crippen LogP contribution < -0.4 is 10.2 Å². The molecule has 158 valence electrons. The largest absolute Gasteiger partial charge is 0.312 e. The average molecular weight is 458 g/mol. The summed E-state index contributed by atoms with van der Waals surface area (Å²) in [5.74, 6) is -0.622. The number of halogens is 1. The van der Waals surface area contributed by atoms with Gasteiger partial charge in [-0.05, 0) is 36.8 Å². The van der Waals surface area contributed by atoms with E-state index in [1.54, 1.807) is 11.0 Å². The zero-order chi connectivity index (χ0) is 22.1. The Bertz CT molecular complexity index is 1180. The molecular formula is C20H16ClN5O4S. The number of nitrogens with one attached hydrogen (secondary N) is 1. The number of aromatic nitrogens is 2. The maximum Gasteiger partial charge on any atom is 0.269 e. The number of hydrogen-bond donors (Lipinski definition) is 1. The highest BCUT2D eigenvalue weighted by Gasteiger charge is 2.34. The number of amides is 2. The van der Waals surface area contributed by atoms with E-state index in [0.29, 0.717) is 21.7 Å². The van der Waals surface area contributed by atoms with Gasteiger partial charge in [0.05, 0.1) is 4.92 Å². The van der Waals surface area contributed by atoms with Gasteiger partial charge in [0.25, 0.3) is 11.6 Å². The first-order chi connectivity index (χ1) is 14.8. The number of hydrogen-bond acceptors (Lipinski definition) is 7. The van der Waals surface area contributed by atoms with Crippen molar-refractivity contribution in [1.82, 2.24) is 10.2 Å². The molecule has 0 aliphatic carbocycles. The van der Waals surface area contributed by atoms with Gasteiger partial charge in [0.15, 0.2) is 0 Å². The molecule has 2 amide bonds. The maximum atomic E-state index is 12.5. The molecule has 0 spiro atoms. The monoisotopic (exact) mass is 457 g/mol.